The summed E-state index contributed by atoms with van der Waals surface area (Å²) >= 11 is 0. The first-order valence-electron chi connectivity index (χ1n) is 14.6. The minimum absolute atomic E-state index is 0.0212. The summed E-state index contributed by atoms with van der Waals surface area (Å²) in [6.45, 7) is 3.53. The summed E-state index contributed by atoms with van der Waals surface area (Å²) in [6, 6.07) is 21.8. The lowest BCUT2D eigenvalue weighted by atomic mass is 9.89. The molecule has 1 aliphatic heterocycles. The lowest BCUT2D eigenvalue weighted by Crippen LogP contribution is -2.54. The number of rotatable bonds is 10. The van der Waals surface area contributed by atoms with Gasteiger partial charge in [-0.3, -0.25) is 25.1 Å². The number of aryl methyl sites for hydroxylation is 1. The molecule has 11 nitrogen and oxygen atoms in total. The Morgan fingerprint density at radius 2 is 1.68 bits per heavy atom. The molecule has 4 N–H and O–H groups in total. The molecular weight excluding hydrogens is 558 g/mol. The molecule has 11 heteroatoms. The Kier molecular flexibility index (Phi) is 9.05. The van der Waals surface area contributed by atoms with E-state index in [0.717, 1.165) is 41.0 Å². The molecule has 1 atom stereocenters. The van der Waals surface area contributed by atoms with E-state index in [1.807, 2.05) is 52.9 Å². The van der Waals surface area contributed by atoms with Crippen LogP contribution >= 0.6 is 0 Å². The number of hydrogen-bond acceptors (Lipinski definition) is 8. The fraction of sp³-hybridized carbons (Fsp3) is 0.303. The summed E-state index contributed by atoms with van der Waals surface area (Å²) in [5.74, 6) is -0.0402. The highest BCUT2D eigenvalue weighted by Crippen LogP contribution is 2.29. The lowest BCUT2D eigenvalue weighted by Gasteiger charge is -2.33. The maximum Gasteiger partial charge on any atom is 0.319 e. The third kappa shape index (κ3) is 6.47. The van der Waals surface area contributed by atoms with Crippen LogP contribution in [-0.4, -0.2) is 64.8 Å². The number of aromatic nitrogens is 2. The molecule has 228 valence electrons. The Hall–Kier alpha value is -5.03. The van der Waals surface area contributed by atoms with Crippen molar-refractivity contribution in [3.8, 4) is 0 Å². The van der Waals surface area contributed by atoms with Crippen molar-refractivity contribution in [1.82, 2.24) is 25.1 Å². The molecule has 0 saturated carbocycles. The van der Waals surface area contributed by atoms with E-state index in [0.29, 0.717) is 30.8 Å². The van der Waals surface area contributed by atoms with Crippen molar-refractivity contribution in [1.29, 1.82) is 5.41 Å². The van der Waals surface area contributed by atoms with E-state index in [-0.39, 0.29) is 24.2 Å². The first kappa shape index (κ1) is 30.4. The van der Waals surface area contributed by atoms with Crippen LogP contribution in [-0.2, 0) is 33.5 Å². The second-order valence-corrected chi connectivity index (χ2v) is 11.0. The Labute approximate surface area is 256 Å². The van der Waals surface area contributed by atoms with Crippen LogP contribution < -0.4 is 16.0 Å². The van der Waals surface area contributed by atoms with Crippen LogP contribution in [0.5, 0.6) is 0 Å². The van der Waals surface area contributed by atoms with Crippen LogP contribution in [0.1, 0.15) is 47.1 Å². The molecular formula is C33H37N7O4. The van der Waals surface area contributed by atoms with E-state index >= 15 is 0 Å². The molecule has 0 aliphatic carbocycles. The molecule has 0 spiro atoms. The van der Waals surface area contributed by atoms with Crippen LogP contribution in [0.3, 0.4) is 0 Å². The number of carbonyl (C=O) groups is 3. The number of amides is 2. The summed E-state index contributed by atoms with van der Waals surface area (Å²) in [7, 11) is 3.27. The number of nitrogens with zero attached hydrogens (tertiary/aromatic N) is 3. The quantitative estimate of drug-likeness (QED) is 0.125. The average molecular weight is 596 g/mol. The van der Waals surface area contributed by atoms with E-state index in [2.05, 4.69) is 16.0 Å². The Bertz CT molecular complexity index is 1680. The minimum Gasteiger partial charge on any atom is -0.468 e. The van der Waals surface area contributed by atoms with Crippen molar-refractivity contribution in [3.05, 3.63) is 95.3 Å². The maximum absolute atomic E-state index is 13.7. The minimum atomic E-state index is -1.13. The Morgan fingerprint density at radius 1 is 0.977 bits per heavy atom. The largest absolute Gasteiger partial charge is 0.468 e. The molecule has 5 rings (SSSR count). The van der Waals surface area contributed by atoms with Gasteiger partial charge in [0.1, 0.15) is 17.2 Å². The van der Waals surface area contributed by atoms with Gasteiger partial charge in [0.05, 0.1) is 31.2 Å². The monoisotopic (exact) mass is 595 g/mol. The lowest BCUT2D eigenvalue weighted by molar-refractivity contribution is -0.141. The predicted octanol–water partition coefficient (Wildman–Crippen LogP) is 3.54. The number of imidazole rings is 1. The molecule has 0 bridgehead atoms. The second kappa shape index (κ2) is 13.1. The molecule has 1 aromatic heterocycles. The maximum atomic E-state index is 13.7. The summed E-state index contributed by atoms with van der Waals surface area (Å²) < 4.78 is 6.81. The van der Waals surface area contributed by atoms with Crippen LogP contribution in [0, 0.1) is 5.41 Å². The standard InChI is InChI=1S/C33H37N7O4/c1-33(36-21-29(41)44-3,32(43)40-17-7-8-18-40)24-13-16-27-26(19-24)37-28(39(27)2)20-35-25-14-11-22(12-15-25)30(34)38-31(42)23-9-5-4-6-10-23/h4-6,9-16,19,35-36H,7-8,17-18,20-21H2,1-3H3,(H2,34,38,42). The first-order valence-corrected chi connectivity index (χ1v) is 14.6. The van der Waals surface area contributed by atoms with E-state index < -0.39 is 11.5 Å². The van der Waals surface area contributed by atoms with E-state index in [1.165, 1.54) is 7.11 Å². The number of fused-ring (bicyclic) bond motifs is 1. The first-order chi connectivity index (χ1) is 21.2. The summed E-state index contributed by atoms with van der Waals surface area (Å²) in [5.41, 5.74) is 3.15. The topological polar surface area (TPSA) is 141 Å². The number of anilines is 1. The number of esters is 1. The molecule has 1 fully saturated rings. The van der Waals surface area contributed by atoms with Crippen molar-refractivity contribution < 1.29 is 19.1 Å². The molecule has 1 saturated heterocycles. The van der Waals surface area contributed by atoms with Crippen LogP contribution in [0.4, 0.5) is 5.69 Å². The Balaban J connectivity index is 1.29. The Morgan fingerprint density at radius 3 is 2.36 bits per heavy atom. The number of carbonyl (C=O) groups excluding carboxylic acids is 3. The van der Waals surface area contributed by atoms with Crippen LogP contribution in [0.2, 0.25) is 0 Å². The van der Waals surface area contributed by atoms with Crippen molar-refractivity contribution >= 4 is 40.3 Å². The van der Waals surface area contributed by atoms with Gasteiger partial charge in [-0.25, -0.2) is 4.98 Å². The number of likely N-dealkylation sites (tertiary alicyclic amines) is 1. The normalized spacial score (nSPS) is 14.2. The van der Waals surface area contributed by atoms with Gasteiger partial charge in [0, 0.05) is 37.0 Å². The average Bonchev–Trinajstić information content (AvgIpc) is 3.70. The highest BCUT2D eigenvalue weighted by Gasteiger charge is 2.39. The molecule has 4 aromatic rings. The zero-order valence-electron chi connectivity index (χ0n) is 25.1. The summed E-state index contributed by atoms with van der Waals surface area (Å²) in [4.78, 5) is 44.7. The van der Waals surface area contributed by atoms with Crippen molar-refractivity contribution in [2.45, 2.75) is 31.8 Å². The van der Waals surface area contributed by atoms with Crippen LogP contribution in [0.25, 0.3) is 11.0 Å². The smallest absolute Gasteiger partial charge is 0.319 e. The van der Waals surface area contributed by atoms with Gasteiger partial charge in [-0.05, 0) is 73.9 Å². The fourth-order valence-electron chi connectivity index (χ4n) is 5.36. The fourth-order valence-corrected chi connectivity index (χ4v) is 5.36. The van der Waals surface area contributed by atoms with Gasteiger partial charge in [-0.15, -0.1) is 0 Å². The number of methoxy groups -OCH3 is 1. The molecule has 1 aliphatic rings. The van der Waals surface area contributed by atoms with Crippen LogP contribution in [0.15, 0.2) is 72.8 Å². The molecule has 2 amide bonds. The van der Waals surface area contributed by atoms with E-state index in [4.69, 9.17) is 15.1 Å². The number of benzene rings is 3. The molecule has 1 unspecified atom stereocenters. The predicted molar refractivity (Wildman–Crippen MR) is 168 cm³/mol. The third-order valence-corrected chi connectivity index (χ3v) is 8.08. The number of hydrogen-bond donors (Lipinski definition) is 4. The second-order valence-electron chi connectivity index (χ2n) is 11.0. The van der Waals surface area contributed by atoms with Gasteiger partial charge in [0.15, 0.2) is 0 Å². The van der Waals surface area contributed by atoms with Gasteiger partial charge < -0.3 is 24.8 Å². The highest BCUT2D eigenvalue weighted by molar-refractivity contribution is 6.11. The molecule has 2 heterocycles. The van der Waals surface area contributed by atoms with Gasteiger partial charge >= 0.3 is 5.97 Å². The number of nitrogens with one attached hydrogen (secondary N) is 4. The summed E-state index contributed by atoms with van der Waals surface area (Å²) in [6.07, 6.45) is 1.93. The van der Waals surface area contributed by atoms with Gasteiger partial charge in [-0.2, -0.15) is 0 Å². The zero-order valence-corrected chi connectivity index (χ0v) is 25.1. The summed E-state index contributed by atoms with van der Waals surface area (Å²) in [5, 5.41) is 17.4. The van der Waals surface area contributed by atoms with Crippen molar-refractivity contribution in [2.75, 3.05) is 32.1 Å². The number of amidine groups is 1. The third-order valence-electron chi connectivity index (χ3n) is 8.08. The SMILES string of the molecule is COC(=O)CNC(C)(C(=O)N1CCCC1)c1ccc2c(c1)nc(CNc1ccc(C(=N)NC(=O)c3ccccc3)cc1)n2C. The van der Waals surface area contributed by atoms with E-state index in [9.17, 15) is 14.4 Å². The molecule has 0 radical (unpaired) electrons. The van der Waals surface area contributed by atoms with Crippen molar-refractivity contribution in [3.63, 3.8) is 0 Å². The molecule has 44 heavy (non-hydrogen) atoms. The van der Waals surface area contributed by atoms with Gasteiger partial charge in [-0.1, -0.05) is 24.3 Å². The highest BCUT2D eigenvalue weighted by atomic mass is 16.5. The van der Waals surface area contributed by atoms with Gasteiger partial charge in [0.25, 0.3) is 5.91 Å². The molecule has 3 aromatic carbocycles. The van der Waals surface area contributed by atoms with Crippen molar-refractivity contribution in [2.24, 2.45) is 7.05 Å². The zero-order chi connectivity index (χ0) is 31.3. The van der Waals surface area contributed by atoms with E-state index in [1.54, 1.807) is 43.3 Å². The number of ether oxygens (including phenoxy) is 1. The van der Waals surface area contributed by atoms with Gasteiger partial charge in [0.2, 0.25) is 5.91 Å².